The SMILES string of the molecule is CCCNC1CC(Oc2ccc(F)cc2)C12CCCC2. The lowest BCUT2D eigenvalue weighted by molar-refractivity contribution is -0.0760. The predicted molar refractivity (Wildman–Crippen MR) is 78.4 cm³/mol. The van der Waals surface area contributed by atoms with Crippen LogP contribution < -0.4 is 10.1 Å². The van der Waals surface area contributed by atoms with E-state index in [2.05, 4.69) is 12.2 Å². The molecule has 110 valence electrons. The normalized spacial score (nSPS) is 27.5. The second kappa shape index (κ2) is 5.72. The average molecular weight is 277 g/mol. The highest BCUT2D eigenvalue weighted by Gasteiger charge is 2.57. The molecule has 0 amide bonds. The summed E-state index contributed by atoms with van der Waals surface area (Å²) in [5.74, 6) is 0.598. The monoisotopic (exact) mass is 277 g/mol. The molecule has 20 heavy (non-hydrogen) atoms. The Bertz CT molecular complexity index is 439. The number of hydrogen-bond donors (Lipinski definition) is 1. The minimum Gasteiger partial charge on any atom is -0.490 e. The summed E-state index contributed by atoms with van der Waals surface area (Å²) in [4.78, 5) is 0. The lowest BCUT2D eigenvalue weighted by atomic mass is 9.60. The Morgan fingerprint density at radius 1 is 1.25 bits per heavy atom. The second-order valence-electron chi connectivity index (χ2n) is 6.24. The van der Waals surface area contributed by atoms with Gasteiger partial charge in [0.1, 0.15) is 17.7 Å². The smallest absolute Gasteiger partial charge is 0.123 e. The summed E-state index contributed by atoms with van der Waals surface area (Å²) in [6.45, 7) is 3.30. The van der Waals surface area contributed by atoms with Gasteiger partial charge >= 0.3 is 0 Å². The topological polar surface area (TPSA) is 21.3 Å². The first-order chi connectivity index (χ1) is 9.74. The van der Waals surface area contributed by atoms with Crippen molar-refractivity contribution in [2.45, 2.75) is 57.6 Å². The molecule has 2 saturated carbocycles. The summed E-state index contributed by atoms with van der Waals surface area (Å²) in [6.07, 6.45) is 7.71. The van der Waals surface area contributed by atoms with Crippen LogP contribution in [0.3, 0.4) is 0 Å². The molecule has 2 fully saturated rings. The maximum absolute atomic E-state index is 13.0. The summed E-state index contributed by atoms with van der Waals surface area (Å²) < 4.78 is 19.1. The summed E-state index contributed by atoms with van der Waals surface area (Å²) >= 11 is 0. The van der Waals surface area contributed by atoms with E-state index in [1.54, 1.807) is 12.1 Å². The van der Waals surface area contributed by atoms with Gasteiger partial charge in [-0.3, -0.25) is 0 Å². The van der Waals surface area contributed by atoms with E-state index >= 15 is 0 Å². The third kappa shape index (κ3) is 2.44. The Morgan fingerprint density at radius 2 is 1.95 bits per heavy atom. The number of hydrogen-bond acceptors (Lipinski definition) is 2. The molecule has 1 aromatic carbocycles. The minimum absolute atomic E-state index is 0.205. The van der Waals surface area contributed by atoms with Crippen LogP contribution in [0.5, 0.6) is 5.75 Å². The van der Waals surface area contributed by atoms with Gasteiger partial charge in [-0.2, -0.15) is 0 Å². The van der Waals surface area contributed by atoms with Crippen molar-refractivity contribution in [3.8, 4) is 5.75 Å². The van der Waals surface area contributed by atoms with Crippen molar-refractivity contribution in [2.24, 2.45) is 5.41 Å². The Balaban J connectivity index is 1.66. The lowest BCUT2D eigenvalue weighted by Crippen LogP contribution is -2.63. The molecule has 2 nitrogen and oxygen atoms in total. The van der Waals surface area contributed by atoms with E-state index in [4.69, 9.17) is 4.74 Å². The quantitative estimate of drug-likeness (QED) is 0.881. The van der Waals surface area contributed by atoms with Gasteiger partial charge in [-0.25, -0.2) is 4.39 Å². The van der Waals surface area contributed by atoms with Crippen molar-refractivity contribution in [2.75, 3.05) is 6.54 Å². The fourth-order valence-electron chi connectivity index (χ4n) is 3.90. The van der Waals surface area contributed by atoms with Crippen LogP contribution >= 0.6 is 0 Å². The molecule has 2 unspecified atom stereocenters. The highest BCUT2D eigenvalue weighted by molar-refractivity contribution is 5.24. The molecule has 0 aromatic heterocycles. The van der Waals surface area contributed by atoms with Crippen molar-refractivity contribution < 1.29 is 9.13 Å². The van der Waals surface area contributed by atoms with Gasteiger partial charge in [0, 0.05) is 17.9 Å². The molecule has 0 bridgehead atoms. The van der Waals surface area contributed by atoms with Crippen LogP contribution in [-0.4, -0.2) is 18.7 Å². The van der Waals surface area contributed by atoms with Crippen molar-refractivity contribution in [3.05, 3.63) is 30.1 Å². The maximum atomic E-state index is 13.0. The number of halogens is 1. The van der Waals surface area contributed by atoms with Gasteiger partial charge < -0.3 is 10.1 Å². The molecule has 3 heteroatoms. The van der Waals surface area contributed by atoms with E-state index in [0.717, 1.165) is 18.7 Å². The van der Waals surface area contributed by atoms with Crippen molar-refractivity contribution in [1.29, 1.82) is 0 Å². The molecule has 3 rings (SSSR count). The van der Waals surface area contributed by atoms with Gasteiger partial charge in [-0.1, -0.05) is 19.8 Å². The molecule has 1 aromatic rings. The largest absolute Gasteiger partial charge is 0.490 e. The molecule has 1 spiro atoms. The number of benzene rings is 1. The van der Waals surface area contributed by atoms with Crippen molar-refractivity contribution in [3.63, 3.8) is 0 Å². The standard InChI is InChI=1S/C17H24FNO/c1-2-11-19-15-12-16(17(15)9-3-4-10-17)20-14-7-5-13(18)6-8-14/h5-8,15-16,19H,2-4,9-12H2,1H3. The Labute approximate surface area is 120 Å². The zero-order valence-corrected chi connectivity index (χ0v) is 12.2. The third-order valence-corrected chi connectivity index (χ3v) is 5.05. The van der Waals surface area contributed by atoms with Gasteiger partial charge in [0.2, 0.25) is 0 Å². The van der Waals surface area contributed by atoms with Gasteiger partial charge in [-0.15, -0.1) is 0 Å². The van der Waals surface area contributed by atoms with Crippen molar-refractivity contribution >= 4 is 0 Å². The molecule has 0 saturated heterocycles. The van der Waals surface area contributed by atoms with Crippen LogP contribution in [0.2, 0.25) is 0 Å². The van der Waals surface area contributed by atoms with E-state index in [9.17, 15) is 4.39 Å². The van der Waals surface area contributed by atoms with Gasteiger partial charge in [0.25, 0.3) is 0 Å². The summed E-state index contributed by atoms with van der Waals surface area (Å²) in [7, 11) is 0. The molecule has 0 heterocycles. The van der Waals surface area contributed by atoms with Crippen LogP contribution in [0, 0.1) is 11.2 Å². The van der Waals surface area contributed by atoms with Crippen LogP contribution in [-0.2, 0) is 0 Å². The zero-order valence-electron chi connectivity index (χ0n) is 12.2. The zero-order chi connectivity index (χ0) is 14.0. The Morgan fingerprint density at radius 3 is 2.60 bits per heavy atom. The number of nitrogens with one attached hydrogen (secondary N) is 1. The molecule has 2 aliphatic rings. The highest BCUT2D eigenvalue weighted by atomic mass is 19.1. The van der Waals surface area contributed by atoms with Crippen LogP contribution in [0.1, 0.15) is 45.4 Å². The minimum atomic E-state index is -0.205. The molecule has 2 atom stereocenters. The fourth-order valence-corrected chi connectivity index (χ4v) is 3.90. The first-order valence-electron chi connectivity index (χ1n) is 7.90. The van der Waals surface area contributed by atoms with Crippen LogP contribution in [0.25, 0.3) is 0 Å². The third-order valence-electron chi connectivity index (χ3n) is 5.05. The molecule has 1 N–H and O–H groups in total. The summed E-state index contributed by atoms with van der Waals surface area (Å²) in [6, 6.07) is 7.04. The Kier molecular flexibility index (Phi) is 3.97. The first-order valence-corrected chi connectivity index (χ1v) is 7.90. The van der Waals surface area contributed by atoms with Crippen molar-refractivity contribution in [1.82, 2.24) is 5.32 Å². The summed E-state index contributed by atoms with van der Waals surface area (Å²) in [5.41, 5.74) is 0.323. The fraction of sp³-hybridized carbons (Fsp3) is 0.647. The predicted octanol–water partition coefficient (Wildman–Crippen LogP) is 3.91. The Hall–Kier alpha value is -1.09. The van der Waals surface area contributed by atoms with E-state index in [0.29, 0.717) is 17.6 Å². The van der Waals surface area contributed by atoms with E-state index < -0.39 is 0 Å². The van der Waals surface area contributed by atoms with Crippen LogP contribution in [0.15, 0.2) is 24.3 Å². The second-order valence-corrected chi connectivity index (χ2v) is 6.24. The van der Waals surface area contributed by atoms with Crippen LogP contribution in [0.4, 0.5) is 4.39 Å². The number of ether oxygens (including phenoxy) is 1. The van der Waals surface area contributed by atoms with E-state index in [1.165, 1.54) is 44.2 Å². The molecular formula is C17H24FNO. The summed E-state index contributed by atoms with van der Waals surface area (Å²) in [5, 5.41) is 3.69. The number of rotatable bonds is 5. The first kappa shape index (κ1) is 13.9. The molecular weight excluding hydrogens is 253 g/mol. The highest BCUT2D eigenvalue weighted by Crippen LogP contribution is 2.54. The van der Waals surface area contributed by atoms with E-state index in [-0.39, 0.29) is 5.82 Å². The van der Waals surface area contributed by atoms with Gasteiger partial charge in [0.05, 0.1) is 0 Å². The van der Waals surface area contributed by atoms with Gasteiger partial charge in [0.15, 0.2) is 0 Å². The average Bonchev–Trinajstić information content (AvgIpc) is 2.96. The van der Waals surface area contributed by atoms with Gasteiger partial charge in [-0.05, 0) is 50.1 Å². The van der Waals surface area contributed by atoms with E-state index in [1.807, 2.05) is 0 Å². The molecule has 2 aliphatic carbocycles. The maximum Gasteiger partial charge on any atom is 0.123 e. The molecule has 0 radical (unpaired) electrons. The molecule has 0 aliphatic heterocycles. The lowest BCUT2D eigenvalue weighted by Gasteiger charge is -2.54.